The van der Waals surface area contributed by atoms with E-state index in [1.807, 2.05) is 44.2 Å². The van der Waals surface area contributed by atoms with Crippen LogP contribution in [0.2, 0.25) is 0 Å². The van der Waals surface area contributed by atoms with Crippen molar-refractivity contribution in [2.75, 3.05) is 18.4 Å². The predicted octanol–water partition coefficient (Wildman–Crippen LogP) is 3.49. The van der Waals surface area contributed by atoms with Gasteiger partial charge in [-0.1, -0.05) is 38.1 Å². The Kier molecular flexibility index (Phi) is 5.36. The topological polar surface area (TPSA) is 49.4 Å². The van der Waals surface area contributed by atoms with E-state index in [0.717, 1.165) is 24.1 Å². The van der Waals surface area contributed by atoms with E-state index >= 15 is 0 Å². The number of anilines is 1. The van der Waals surface area contributed by atoms with E-state index in [-0.39, 0.29) is 23.7 Å². The van der Waals surface area contributed by atoms with Gasteiger partial charge in [0.2, 0.25) is 0 Å². The number of amides is 2. The third-order valence-electron chi connectivity index (χ3n) is 4.12. The third kappa shape index (κ3) is 3.75. The maximum atomic E-state index is 12.5. The molecular weight excluding hydrogens is 276 g/mol. The number of para-hydroxylation sites is 1. The SMILES string of the molecule is C=CCCc1ccccc1NC(=O)N1C[C@H](C)C(=O)[C@@H](C)C1. The van der Waals surface area contributed by atoms with Crippen LogP contribution in [0.1, 0.15) is 25.8 Å². The Labute approximate surface area is 132 Å². The van der Waals surface area contributed by atoms with Crippen molar-refractivity contribution in [3.05, 3.63) is 42.5 Å². The number of ketones is 1. The van der Waals surface area contributed by atoms with Gasteiger partial charge in [-0.15, -0.1) is 6.58 Å². The van der Waals surface area contributed by atoms with Crippen molar-refractivity contribution in [1.29, 1.82) is 0 Å². The first kappa shape index (κ1) is 16.3. The van der Waals surface area contributed by atoms with Gasteiger partial charge < -0.3 is 10.2 Å². The Morgan fingerprint density at radius 1 is 1.32 bits per heavy atom. The van der Waals surface area contributed by atoms with Crippen molar-refractivity contribution in [3.63, 3.8) is 0 Å². The summed E-state index contributed by atoms with van der Waals surface area (Å²) in [4.78, 5) is 26.1. The lowest BCUT2D eigenvalue weighted by atomic mass is 9.90. The summed E-state index contributed by atoms with van der Waals surface area (Å²) in [6.07, 6.45) is 3.60. The lowest BCUT2D eigenvalue weighted by Crippen LogP contribution is -2.49. The third-order valence-corrected chi connectivity index (χ3v) is 4.12. The molecule has 22 heavy (non-hydrogen) atoms. The fraction of sp³-hybridized carbons (Fsp3) is 0.444. The summed E-state index contributed by atoms with van der Waals surface area (Å²) in [5.74, 6) is 0.0615. The number of aryl methyl sites for hydroxylation is 1. The van der Waals surface area contributed by atoms with Gasteiger partial charge in [0, 0.05) is 30.6 Å². The van der Waals surface area contributed by atoms with Gasteiger partial charge in [0.15, 0.2) is 0 Å². The first-order valence-electron chi connectivity index (χ1n) is 7.81. The molecule has 0 unspecified atom stereocenters. The van der Waals surface area contributed by atoms with Crippen molar-refractivity contribution in [1.82, 2.24) is 4.90 Å². The van der Waals surface area contributed by atoms with Crippen molar-refractivity contribution in [2.24, 2.45) is 11.8 Å². The minimum atomic E-state index is -0.128. The van der Waals surface area contributed by atoms with Crippen molar-refractivity contribution < 1.29 is 9.59 Å². The van der Waals surface area contributed by atoms with Crippen LogP contribution in [0.15, 0.2) is 36.9 Å². The number of hydrogen-bond acceptors (Lipinski definition) is 2. The van der Waals surface area contributed by atoms with E-state index in [9.17, 15) is 9.59 Å². The number of carbonyl (C=O) groups excluding carboxylic acids is 2. The summed E-state index contributed by atoms with van der Waals surface area (Å²) in [5.41, 5.74) is 1.94. The fourth-order valence-corrected chi connectivity index (χ4v) is 2.88. The molecule has 0 saturated carbocycles. The van der Waals surface area contributed by atoms with Gasteiger partial charge in [-0.3, -0.25) is 4.79 Å². The summed E-state index contributed by atoms with van der Waals surface area (Å²) in [6, 6.07) is 7.69. The first-order valence-corrected chi connectivity index (χ1v) is 7.81. The highest BCUT2D eigenvalue weighted by Gasteiger charge is 2.32. The summed E-state index contributed by atoms with van der Waals surface area (Å²) < 4.78 is 0. The van der Waals surface area contributed by atoms with Crippen LogP contribution in [0, 0.1) is 11.8 Å². The molecule has 1 saturated heterocycles. The van der Waals surface area contributed by atoms with Crippen LogP contribution in [-0.2, 0) is 11.2 Å². The fourth-order valence-electron chi connectivity index (χ4n) is 2.88. The zero-order valence-corrected chi connectivity index (χ0v) is 13.3. The Balaban J connectivity index is 2.06. The molecule has 0 spiro atoms. The van der Waals surface area contributed by atoms with Crippen molar-refractivity contribution in [2.45, 2.75) is 26.7 Å². The van der Waals surface area contributed by atoms with Crippen LogP contribution < -0.4 is 5.32 Å². The zero-order valence-electron chi connectivity index (χ0n) is 13.3. The molecule has 1 aliphatic rings. The molecular formula is C18H24N2O2. The van der Waals surface area contributed by atoms with Gasteiger partial charge in [0.25, 0.3) is 0 Å². The first-order chi connectivity index (χ1) is 10.5. The van der Waals surface area contributed by atoms with Gasteiger partial charge in [0.05, 0.1) is 0 Å². The number of benzene rings is 1. The monoisotopic (exact) mass is 300 g/mol. The second-order valence-electron chi connectivity index (χ2n) is 6.02. The Morgan fingerprint density at radius 2 is 1.95 bits per heavy atom. The summed E-state index contributed by atoms with van der Waals surface area (Å²) >= 11 is 0. The molecule has 4 heteroatoms. The number of hydrogen-bond donors (Lipinski definition) is 1. The Bertz CT molecular complexity index is 554. The van der Waals surface area contributed by atoms with Crippen LogP contribution in [0.5, 0.6) is 0 Å². The number of Topliss-reactive ketones (excluding diaryl/α,β-unsaturated/α-hetero) is 1. The maximum Gasteiger partial charge on any atom is 0.321 e. The molecule has 1 aromatic carbocycles. The van der Waals surface area contributed by atoms with Gasteiger partial charge in [-0.25, -0.2) is 4.79 Å². The number of likely N-dealkylation sites (tertiary alicyclic amines) is 1. The van der Waals surface area contributed by atoms with E-state index in [4.69, 9.17) is 0 Å². The van der Waals surface area contributed by atoms with E-state index in [1.165, 1.54) is 0 Å². The van der Waals surface area contributed by atoms with Crippen LogP contribution in [0.3, 0.4) is 0 Å². The highest BCUT2D eigenvalue weighted by Crippen LogP contribution is 2.21. The molecule has 0 radical (unpaired) electrons. The second kappa shape index (κ2) is 7.25. The molecule has 2 atom stereocenters. The van der Waals surface area contributed by atoms with Gasteiger partial charge in [0.1, 0.15) is 5.78 Å². The van der Waals surface area contributed by atoms with Crippen LogP contribution in [0.25, 0.3) is 0 Å². The van der Waals surface area contributed by atoms with E-state index < -0.39 is 0 Å². The van der Waals surface area contributed by atoms with E-state index in [1.54, 1.807) is 4.90 Å². The maximum absolute atomic E-state index is 12.5. The normalized spacial score (nSPS) is 21.5. The molecule has 0 bridgehead atoms. The predicted molar refractivity (Wildman–Crippen MR) is 88.9 cm³/mol. The number of rotatable bonds is 4. The highest BCUT2D eigenvalue weighted by atomic mass is 16.2. The van der Waals surface area contributed by atoms with Gasteiger partial charge in [-0.05, 0) is 24.5 Å². The molecule has 1 N–H and O–H groups in total. The number of urea groups is 1. The minimum Gasteiger partial charge on any atom is -0.323 e. The quantitative estimate of drug-likeness (QED) is 0.865. The minimum absolute atomic E-state index is 0.0921. The molecule has 0 aliphatic carbocycles. The molecule has 1 heterocycles. The average molecular weight is 300 g/mol. The second-order valence-corrected chi connectivity index (χ2v) is 6.02. The lowest BCUT2D eigenvalue weighted by Gasteiger charge is -2.34. The largest absolute Gasteiger partial charge is 0.323 e. The number of nitrogens with zero attached hydrogens (tertiary/aromatic N) is 1. The zero-order chi connectivity index (χ0) is 16.1. The van der Waals surface area contributed by atoms with Crippen LogP contribution in [-0.4, -0.2) is 29.8 Å². The lowest BCUT2D eigenvalue weighted by molar-refractivity contribution is -0.128. The van der Waals surface area contributed by atoms with Gasteiger partial charge in [-0.2, -0.15) is 0 Å². The molecule has 0 aromatic heterocycles. The molecule has 1 aromatic rings. The molecule has 1 aliphatic heterocycles. The van der Waals surface area contributed by atoms with E-state index in [2.05, 4.69) is 11.9 Å². The van der Waals surface area contributed by atoms with Crippen LogP contribution >= 0.6 is 0 Å². The number of piperidine rings is 1. The van der Waals surface area contributed by atoms with E-state index in [0.29, 0.717) is 13.1 Å². The molecule has 4 nitrogen and oxygen atoms in total. The summed E-state index contributed by atoms with van der Waals surface area (Å²) in [5, 5.41) is 2.99. The summed E-state index contributed by atoms with van der Waals surface area (Å²) in [7, 11) is 0. The van der Waals surface area contributed by atoms with Crippen molar-refractivity contribution in [3.8, 4) is 0 Å². The molecule has 118 valence electrons. The van der Waals surface area contributed by atoms with Crippen molar-refractivity contribution >= 4 is 17.5 Å². The highest BCUT2D eigenvalue weighted by molar-refractivity contribution is 5.92. The van der Waals surface area contributed by atoms with Gasteiger partial charge >= 0.3 is 6.03 Å². The number of nitrogens with one attached hydrogen (secondary N) is 1. The molecule has 1 fully saturated rings. The molecule has 2 rings (SSSR count). The average Bonchev–Trinajstić information content (AvgIpc) is 2.51. The smallest absolute Gasteiger partial charge is 0.321 e. The standard InChI is InChI=1S/C18H24N2O2/c1-4-5-8-15-9-6-7-10-16(15)19-18(22)20-11-13(2)17(21)14(3)12-20/h4,6-7,9-10,13-14H,1,5,8,11-12H2,2-3H3,(H,19,22)/t13-,14-/m0/s1. The van der Waals surface area contributed by atoms with Crippen LogP contribution in [0.4, 0.5) is 10.5 Å². The Hall–Kier alpha value is -2.10. The molecule has 2 amide bonds. The number of allylic oxidation sites excluding steroid dienone is 1. The number of carbonyl (C=O) groups is 2. The Morgan fingerprint density at radius 3 is 2.59 bits per heavy atom. The summed E-state index contributed by atoms with van der Waals surface area (Å²) in [6.45, 7) is 8.49.